The summed E-state index contributed by atoms with van der Waals surface area (Å²) >= 11 is 0. The van der Waals surface area contributed by atoms with Crippen LogP contribution in [0.5, 0.6) is 0 Å². The summed E-state index contributed by atoms with van der Waals surface area (Å²) in [6, 6.07) is 0. The van der Waals surface area contributed by atoms with Crippen molar-refractivity contribution in [3.05, 3.63) is 35.5 Å². The Balaban J connectivity index is 1.71. The second kappa shape index (κ2) is 9.10. The Bertz CT molecular complexity index is 653. The van der Waals surface area contributed by atoms with Gasteiger partial charge in [-0.1, -0.05) is 76.8 Å². The van der Waals surface area contributed by atoms with Crippen molar-refractivity contribution < 1.29 is 10.2 Å². The zero-order chi connectivity index (χ0) is 21.2. The van der Waals surface area contributed by atoms with Gasteiger partial charge in [0.25, 0.3) is 0 Å². The molecule has 3 aliphatic carbocycles. The first-order chi connectivity index (χ1) is 13.6. The molecule has 0 bridgehead atoms. The van der Waals surface area contributed by atoms with Crippen LogP contribution in [0.3, 0.4) is 0 Å². The monoisotopic (exact) mass is 400 g/mol. The topological polar surface area (TPSA) is 40.5 Å². The lowest BCUT2D eigenvalue weighted by Crippen LogP contribution is -2.36. The van der Waals surface area contributed by atoms with Gasteiger partial charge < -0.3 is 10.2 Å². The molecule has 2 heteroatoms. The molecule has 1 unspecified atom stereocenters. The molecule has 3 aliphatic rings. The van der Waals surface area contributed by atoms with Crippen LogP contribution in [-0.2, 0) is 0 Å². The Labute approximate surface area is 179 Å². The molecule has 4 atom stereocenters. The van der Waals surface area contributed by atoms with E-state index >= 15 is 0 Å². The quantitative estimate of drug-likeness (QED) is 0.474. The van der Waals surface area contributed by atoms with Crippen LogP contribution >= 0.6 is 0 Å². The van der Waals surface area contributed by atoms with Gasteiger partial charge in [0.1, 0.15) is 0 Å². The molecule has 0 aromatic carbocycles. The third-order valence-corrected chi connectivity index (χ3v) is 8.42. The van der Waals surface area contributed by atoms with Crippen molar-refractivity contribution >= 4 is 0 Å². The van der Waals surface area contributed by atoms with Gasteiger partial charge in [0.2, 0.25) is 0 Å². The molecule has 2 nitrogen and oxygen atoms in total. The zero-order valence-corrected chi connectivity index (χ0v) is 19.3. The van der Waals surface area contributed by atoms with Crippen LogP contribution in [0.15, 0.2) is 35.5 Å². The predicted octanol–water partition coefficient (Wildman–Crippen LogP) is 6.94. The van der Waals surface area contributed by atoms with Crippen molar-refractivity contribution in [1.82, 2.24) is 0 Å². The molecule has 0 aromatic heterocycles. The highest BCUT2D eigenvalue weighted by atomic mass is 16.5. The highest BCUT2D eigenvalue weighted by Gasteiger charge is 2.50. The molecule has 0 saturated heterocycles. The molecule has 0 aliphatic heterocycles. The highest BCUT2D eigenvalue weighted by Crippen LogP contribution is 2.60. The summed E-state index contributed by atoms with van der Waals surface area (Å²) in [5.74, 6) is 1.64. The van der Waals surface area contributed by atoms with E-state index in [2.05, 4.69) is 46.4 Å². The summed E-state index contributed by atoms with van der Waals surface area (Å²) < 4.78 is 0. The largest absolute Gasteiger partial charge is 0.365 e. The number of fused-ring (bicyclic) bond motifs is 1. The maximum absolute atomic E-state index is 10.0. The van der Waals surface area contributed by atoms with Gasteiger partial charge in [-0.15, -0.1) is 0 Å². The summed E-state index contributed by atoms with van der Waals surface area (Å²) in [5, 5.41) is 20.1. The molecule has 29 heavy (non-hydrogen) atoms. The minimum Gasteiger partial charge on any atom is -0.365 e. The van der Waals surface area contributed by atoms with E-state index in [1.165, 1.54) is 51.4 Å². The number of hydrogen-bond donors (Lipinski definition) is 2. The van der Waals surface area contributed by atoms with Gasteiger partial charge in [0.15, 0.2) is 5.79 Å². The fourth-order valence-electron chi connectivity index (χ4n) is 6.68. The summed E-state index contributed by atoms with van der Waals surface area (Å²) in [4.78, 5) is 0. The Morgan fingerprint density at radius 1 is 1.07 bits per heavy atom. The van der Waals surface area contributed by atoms with Crippen molar-refractivity contribution in [3.8, 4) is 0 Å². The maximum atomic E-state index is 10.0. The zero-order valence-electron chi connectivity index (χ0n) is 19.3. The number of aliphatic hydroxyl groups is 2. The van der Waals surface area contributed by atoms with Crippen molar-refractivity contribution in [2.45, 2.75) is 104 Å². The van der Waals surface area contributed by atoms with E-state index < -0.39 is 5.79 Å². The van der Waals surface area contributed by atoms with Crippen LogP contribution in [0, 0.1) is 29.1 Å². The summed E-state index contributed by atoms with van der Waals surface area (Å²) in [6.07, 6.45) is 16.6. The molecular weight excluding hydrogens is 356 g/mol. The number of allylic oxidation sites excluding steroid dienone is 4. The smallest absolute Gasteiger partial charge is 0.166 e. The normalized spacial score (nSPS) is 36.0. The highest BCUT2D eigenvalue weighted by molar-refractivity contribution is 5.36. The third kappa shape index (κ3) is 5.25. The van der Waals surface area contributed by atoms with Crippen molar-refractivity contribution in [2.75, 3.05) is 0 Å². The van der Waals surface area contributed by atoms with E-state index in [-0.39, 0.29) is 0 Å². The molecule has 3 rings (SSSR count). The average Bonchev–Trinajstić information content (AvgIpc) is 2.99. The lowest BCUT2D eigenvalue weighted by molar-refractivity contribution is -0.166. The Hall–Kier alpha value is -0.860. The van der Waals surface area contributed by atoms with Crippen LogP contribution in [0.25, 0.3) is 0 Å². The van der Waals surface area contributed by atoms with E-state index in [1.807, 2.05) is 0 Å². The fourth-order valence-corrected chi connectivity index (χ4v) is 6.68. The molecule has 2 N–H and O–H groups in total. The molecule has 3 fully saturated rings. The Morgan fingerprint density at radius 3 is 2.55 bits per heavy atom. The van der Waals surface area contributed by atoms with E-state index in [9.17, 15) is 10.2 Å². The van der Waals surface area contributed by atoms with Gasteiger partial charge >= 0.3 is 0 Å². The van der Waals surface area contributed by atoms with Crippen LogP contribution in [0.2, 0.25) is 0 Å². The lowest BCUT2D eigenvalue weighted by Gasteiger charge is -2.44. The molecule has 0 amide bonds. The van der Waals surface area contributed by atoms with Gasteiger partial charge in [-0.2, -0.15) is 0 Å². The van der Waals surface area contributed by atoms with E-state index in [0.717, 1.165) is 28.9 Å². The van der Waals surface area contributed by atoms with Gasteiger partial charge in [0, 0.05) is 12.8 Å². The lowest BCUT2D eigenvalue weighted by atomic mass is 9.60. The molecular formula is C27H44O2. The van der Waals surface area contributed by atoms with Gasteiger partial charge in [0.05, 0.1) is 0 Å². The molecule has 164 valence electrons. The van der Waals surface area contributed by atoms with Crippen molar-refractivity contribution in [1.29, 1.82) is 0 Å². The molecule has 0 spiro atoms. The van der Waals surface area contributed by atoms with E-state index in [0.29, 0.717) is 30.6 Å². The van der Waals surface area contributed by atoms with Crippen LogP contribution < -0.4 is 0 Å². The molecule has 3 saturated carbocycles. The van der Waals surface area contributed by atoms with Gasteiger partial charge in [-0.3, -0.25) is 0 Å². The first-order valence-corrected chi connectivity index (χ1v) is 12.1. The van der Waals surface area contributed by atoms with E-state index in [4.69, 9.17) is 0 Å². The second-order valence-corrected chi connectivity index (χ2v) is 11.1. The number of rotatable bonds is 6. The van der Waals surface area contributed by atoms with Crippen LogP contribution in [-0.4, -0.2) is 16.0 Å². The van der Waals surface area contributed by atoms with E-state index in [1.54, 1.807) is 5.57 Å². The molecule has 0 heterocycles. The third-order valence-electron chi connectivity index (χ3n) is 8.42. The number of hydrogen-bond acceptors (Lipinski definition) is 2. The second-order valence-electron chi connectivity index (χ2n) is 11.1. The summed E-state index contributed by atoms with van der Waals surface area (Å²) in [6.45, 7) is 13.9. The fraction of sp³-hybridized carbons (Fsp3) is 0.778. The predicted molar refractivity (Wildman–Crippen MR) is 122 cm³/mol. The van der Waals surface area contributed by atoms with Crippen molar-refractivity contribution in [2.24, 2.45) is 29.1 Å². The van der Waals surface area contributed by atoms with Gasteiger partial charge in [-0.25, -0.2) is 0 Å². The van der Waals surface area contributed by atoms with Crippen LogP contribution in [0.4, 0.5) is 0 Å². The Morgan fingerprint density at radius 2 is 1.83 bits per heavy atom. The maximum Gasteiger partial charge on any atom is 0.166 e. The van der Waals surface area contributed by atoms with Crippen LogP contribution in [0.1, 0.15) is 98.3 Å². The minimum atomic E-state index is -1.56. The SMILES string of the molecule is C=C1CCC(O)(O)C/C1=C/C=C1\CCC[C@@]2(C)C1CC[C@@H]2[C@H](C)CCCC(C)C. The summed E-state index contributed by atoms with van der Waals surface area (Å²) in [5.41, 5.74) is 4.14. The standard InChI is InChI=1S/C27H44O2/c1-19(2)8-6-9-21(4)24-13-14-25-22(10-7-16-26(24,25)5)11-12-23-18-27(28,29)17-15-20(23)3/h11-12,19,21,24-25,28-29H,3,6-10,13-18H2,1-2,4-5H3/b22-11+,23-12-/t21-,24-,25?,26-/m1/s1. The first kappa shape index (κ1) is 22.8. The average molecular weight is 401 g/mol. The van der Waals surface area contributed by atoms with Crippen molar-refractivity contribution in [3.63, 3.8) is 0 Å². The molecule has 0 aromatic rings. The molecule has 0 radical (unpaired) electrons. The Kier molecular flexibility index (Phi) is 7.16. The first-order valence-electron chi connectivity index (χ1n) is 12.1. The van der Waals surface area contributed by atoms with Gasteiger partial charge in [-0.05, 0) is 73.2 Å². The summed E-state index contributed by atoms with van der Waals surface area (Å²) in [7, 11) is 0. The minimum absolute atomic E-state index is 0.313.